The predicted molar refractivity (Wildman–Crippen MR) is 108 cm³/mol. The zero-order valence-electron chi connectivity index (χ0n) is 16.9. The normalized spacial score (nSPS) is 13.1. The van der Waals surface area contributed by atoms with Crippen molar-refractivity contribution in [1.29, 1.82) is 0 Å². The third-order valence-corrected chi connectivity index (χ3v) is 5.32. The van der Waals surface area contributed by atoms with Gasteiger partial charge in [0.2, 0.25) is 0 Å². The molecule has 0 atom stereocenters. The maximum Gasteiger partial charge on any atom is 0.269 e. The summed E-state index contributed by atoms with van der Waals surface area (Å²) in [5, 5.41) is 7.37. The molecule has 2 aromatic heterocycles. The fourth-order valence-electron chi connectivity index (χ4n) is 3.76. The Morgan fingerprint density at radius 1 is 1.19 bits per heavy atom. The molecule has 7 nitrogen and oxygen atoms in total. The van der Waals surface area contributed by atoms with Crippen molar-refractivity contribution in [2.75, 3.05) is 13.1 Å². The Hall–Kier alpha value is -3.62. The molecule has 0 radical (unpaired) electrons. The van der Waals surface area contributed by atoms with Gasteiger partial charge >= 0.3 is 0 Å². The molecule has 0 unspecified atom stereocenters. The number of pyridine rings is 1. The summed E-state index contributed by atoms with van der Waals surface area (Å²) in [4.78, 5) is 30.5. The van der Waals surface area contributed by atoms with Gasteiger partial charge in [-0.2, -0.15) is 5.10 Å². The van der Waals surface area contributed by atoms with Crippen molar-refractivity contribution in [3.05, 3.63) is 82.4 Å². The lowest BCUT2D eigenvalue weighted by Crippen LogP contribution is -2.37. The van der Waals surface area contributed by atoms with E-state index in [0.29, 0.717) is 37.7 Å². The number of carbonyl (C=O) groups is 2. The summed E-state index contributed by atoms with van der Waals surface area (Å²) in [6.45, 7) is 1.06. The number of amides is 2. The van der Waals surface area contributed by atoms with Gasteiger partial charge in [-0.1, -0.05) is 6.07 Å². The van der Waals surface area contributed by atoms with E-state index >= 15 is 0 Å². The van der Waals surface area contributed by atoms with Crippen molar-refractivity contribution >= 4 is 11.8 Å². The van der Waals surface area contributed by atoms with Crippen LogP contribution in [0.4, 0.5) is 8.78 Å². The number of nitrogens with zero attached hydrogens (tertiary/aromatic N) is 4. The first-order chi connectivity index (χ1) is 14.9. The van der Waals surface area contributed by atoms with Crippen LogP contribution < -0.4 is 5.32 Å². The van der Waals surface area contributed by atoms with E-state index in [9.17, 15) is 18.4 Å². The molecular weight excluding hydrogens is 404 g/mol. The Bertz CT molecular complexity index is 1130. The Morgan fingerprint density at radius 3 is 2.77 bits per heavy atom. The molecule has 1 aliphatic rings. The molecule has 31 heavy (non-hydrogen) atoms. The first kappa shape index (κ1) is 20.6. The third kappa shape index (κ3) is 4.30. The summed E-state index contributed by atoms with van der Waals surface area (Å²) in [5.41, 5.74) is 2.86. The second-order valence-corrected chi connectivity index (χ2v) is 7.32. The molecule has 0 fully saturated rings. The van der Waals surface area contributed by atoms with Gasteiger partial charge in [0.25, 0.3) is 11.8 Å². The van der Waals surface area contributed by atoms with Gasteiger partial charge in [0.1, 0.15) is 17.3 Å². The van der Waals surface area contributed by atoms with Crippen LogP contribution in [0, 0.1) is 11.6 Å². The molecule has 1 aromatic carbocycles. The maximum atomic E-state index is 14.1. The van der Waals surface area contributed by atoms with Gasteiger partial charge in [0.05, 0.1) is 11.3 Å². The van der Waals surface area contributed by atoms with E-state index in [4.69, 9.17) is 0 Å². The fraction of sp³-hybridized carbons (Fsp3) is 0.273. The van der Waals surface area contributed by atoms with Gasteiger partial charge in [-0.05, 0) is 24.3 Å². The average molecular weight is 425 g/mol. The summed E-state index contributed by atoms with van der Waals surface area (Å²) < 4.78 is 29.0. The molecule has 160 valence electrons. The average Bonchev–Trinajstić information content (AvgIpc) is 3.09. The lowest BCUT2D eigenvalue weighted by Gasteiger charge is -2.28. The van der Waals surface area contributed by atoms with Gasteiger partial charge in [-0.15, -0.1) is 0 Å². The summed E-state index contributed by atoms with van der Waals surface area (Å²) in [6, 6.07) is 8.07. The number of carbonyl (C=O) groups excluding carboxylic acids is 2. The Balaban J connectivity index is 1.45. The van der Waals surface area contributed by atoms with Crippen LogP contribution >= 0.6 is 0 Å². The first-order valence-corrected chi connectivity index (χ1v) is 9.91. The summed E-state index contributed by atoms with van der Waals surface area (Å²) in [5.74, 6) is -2.35. The van der Waals surface area contributed by atoms with E-state index in [0.717, 1.165) is 23.0 Å². The SMILES string of the molecule is Cn1nc(CCNC(=O)c2ccccn2)c2c1CCN(C(=O)c1ccc(F)cc1F)C2. The predicted octanol–water partition coefficient (Wildman–Crippen LogP) is 2.26. The largest absolute Gasteiger partial charge is 0.350 e. The number of halogens is 2. The topological polar surface area (TPSA) is 80.1 Å². The fourth-order valence-corrected chi connectivity index (χ4v) is 3.76. The molecule has 2 amide bonds. The van der Waals surface area contributed by atoms with E-state index in [2.05, 4.69) is 15.4 Å². The molecule has 0 saturated carbocycles. The zero-order valence-corrected chi connectivity index (χ0v) is 16.9. The molecule has 9 heteroatoms. The Kier molecular flexibility index (Phi) is 5.75. The smallest absolute Gasteiger partial charge is 0.269 e. The molecule has 4 rings (SSSR count). The third-order valence-electron chi connectivity index (χ3n) is 5.32. The molecule has 1 aliphatic heterocycles. The highest BCUT2D eigenvalue weighted by molar-refractivity contribution is 5.94. The number of benzene rings is 1. The lowest BCUT2D eigenvalue weighted by atomic mass is 10.0. The Labute approximate surface area is 177 Å². The minimum Gasteiger partial charge on any atom is -0.350 e. The van der Waals surface area contributed by atoms with E-state index in [1.165, 1.54) is 11.0 Å². The van der Waals surface area contributed by atoms with E-state index < -0.39 is 17.5 Å². The first-order valence-electron chi connectivity index (χ1n) is 9.91. The number of nitrogens with one attached hydrogen (secondary N) is 1. The van der Waals surface area contributed by atoms with Crippen LogP contribution in [0.1, 0.15) is 37.8 Å². The standard InChI is InChI=1S/C22H21F2N5O2/c1-28-20-8-11-29(22(31)15-6-5-14(23)12-17(15)24)13-16(20)18(27-28)7-10-26-21(30)19-4-2-3-9-25-19/h2-6,9,12H,7-8,10-11,13H2,1H3,(H,26,30). The summed E-state index contributed by atoms with van der Waals surface area (Å²) in [6.07, 6.45) is 2.61. The highest BCUT2D eigenvalue weighted by atomic mass is 19.1. The van der Waals surface area contributed by atoms with Crippen LogP contribution in [0.2, 0.25) is 0 Å². The van der Waals surface area contributed by atoms with Crippen LogP contribution in [0.15, 0.2) is 42.6 Å². The van der Waals surface area contributed by atoms with Crippen molar-refractivity contribution in [3.63, 3.8) is 0 Å². The summed E-state index contributed by atoms with van der Waals surface area (Å²) >= 11 is 0. The number of fused-ring (bicyclic) bond motifs is 1. The van der Waals surface area contributed by atoms with E-state index in [1.807, 2.05) is 7.05 Å². The molecule has 3 aromatic rings. The van der Waals surface area contributed by atoms with Crippen molar-refractivity contribution in [2.24, 2.45) is 7.05 Å². The molecule has 1 N–H and O–H groups in total. The lowest BCUT2D eigenvalue weighted by molar-refractivity contribution is 0.0728. The molecule has 0 spiro atoms. The van der Waals surface area contributed by atoms with Crippen molar-refractivity contribution < 1.29 is 18.4 Å². The minimum atomic E-state index is -0.876. The number of aromatic nitrogens is 3. The molecule has 0 saturated heterocycles. The monoisotopic (exact) mass is 425 g/mol. The highest BCUT2D eigenvalue weighted by Crippen LogP contribution is 2.24. The number of rotatable bonds is 5. The highest BCUT2D eigenvalue weighted by Gasteiger charge is 2.28. The van der Waals surface area contributed by atoms with Gasteiger partial charge in [-0.3, -0.25) is 19.3 Å². The van der Waals surface area contributed by atoms with Gasteiger partial charge < -0.3 is 10.2 Å². The number of hydrogen-bond donors (Lipinski definition) is 1. The zero-order chi connectivity index (χ0) is 22.0. The molecular formula is C22H21F2N5O2. The Morgan fingerprint density at radius 2 is 2.03 bits per heavy atom. The van der Waals surface area contributed by atoms with E-state index in [-0.39, 0.29) is 18.0 Å². The summed E-state index contributed by atoms with van der Waals surface area (Å²) in [7, 11) is 1.84. The van der Waals surface area contributed by atoms with Crippen molar-refractivity contribution in [1.82, 2.24) is 25.0 Å². The maximum absolute atomic E-state index is 14.1. The van der Waals surface area contributed by atoms with Crippen LogP contribution in [0.3, 0.4) is 0 Å². The van der Waals surface area contributed by atoms with Crippen LogP contribution in [-0.4, -0.2) is 44.6 Å². The van der Waals surface area contributed by atoms with Crippen molar-refractivity contribution in [3.8, 4) is 0 Å². The molecule has 3 heterocycles. The van der Waals surface area contributed by atoms with Gasteiger partial charge in [0.15, 0.2) is 0 Å². The second kappa shape index (κ2) is 8.63. The van der Waals surface area contributed by atoms with Crippen LogP contribution in [-0.2, 0) is 26.4 Å². The van der Waals surface area contributed by atoms with Crippen LogP contribution in [0.25, 0.3) is 0 Å². The van der Waals surface area contributed by atoms with Crippen LogP contribution in [0.5, 0.6) is 0 Å². The quantitative estimate of drug-likeness (QED) is 0.680. The van der Waals surface area contributed by atoms with E-state index in [1.54, 1.807) is 29.1 Å². The van der Waals surface area contributed by atoms with Gasteiger partial charge in [0, 0.05) is 63.0 Å². The number of aryl methyl sites for hydroxylation is 1. The van der Waals surface area contributed by atoms with Crippen molar-refractivity contribution in [2.45, 2.75) is 19.4 Å². The number of hydrogen-bond acceptors (Lipinski definition) is 4. The molecule has 0 aliphatic carbocycles. The van der Waals surface area contributed by atoms with Gasteiger partial charge in [-0.25, -0.2) is 8.78 Å². The second-order valence-electron chi connectivity index (χ2n) is 7.32. The molecule has 0 bridgehead atoms. The minimum absolute atomic E-state index is 0.155.